The number of ether oxygens (including phenoxy) is 1. The number of nitrogens with zero attached hydrogens (tertiary/aromatic N) is 3. The molecule has 1 fully saturated rings. The summed E-state index contributed by atoms with van der Waals surface area (Å²) in [5.41, 5.74) is 5.42. The number of aliphatic hydroxyl groups excluding tert-OH is 3. The topological polar surface area (TPSA) is 134 Å². The van der Waals surface area contributed by atoms with Crippen LogP contribution in [-0.4, -0.2) is 63.9 Å². The molecule has 9 nitrogen and oxygen atoms in total. The van der Waals surface area contributed by atoms with Crippen molar-refractivity contribution in [2.75, 3.05) is 31.3 Å². The highest BCUT2D eigenvalue weighted by Crippen LogP contribution is 2.29. The molecule has 1 aliphatic heterocycles. The SMILES string of the molecule is CN(C)c1cn([C@@H]2O[C@H](CO)[C@@H](O)[C@H]2O)c(=O)nc1N. The lowest BCUT2D eigenvalue weighted by Gasteiger charge is -2.21. The number of nitrogen functional groups attached to an aromatic ring is 1. The summed E-state index contributed by atoms with van der Waals surface area (Å²) >= 11 is 0. The summed E-state index contributed by atoms with van der Waals surface area (Å²) in [4.78, 5) is 17.2. The van der Waals surface area contributed by atoms with Gasteiger partial charge in [-0.15, -0.1) is 0 Å². The van der Waals surface area contributed by atoms with E-state index in [9.17, 15) is 15.0 Å². The minimum Gasteiger partial charge on any atom is -0.394 e. The lowest BCUT2D eigenvalue weighted by molar-refractivity contribution is -0.0548. The Morgan fingerprint density at radius 3 is 2.60 bits per heavy atom. The maximum Gasteiger partial charge on any atom is 0.351 e. The first-order valence-corrected chi connectivity index (χ1v) is 6.05. The van der Waals surface area contributed by atoms with Crippen LogP contribution in [0.25, 0.3) is 0 Å². The summed E-state index contributed by atoms with van der Waals surface area (Å²) in [5.74, 6) is 0.0583. The van der Waals surface area contributed by atoms with E-state index in [0.29, 0.717) is 5.69 Å². The third-order valence-corrected chi connectivity index (χ3v) is 3.23. The summed E-state index contributed by atoms with van der Waals surface area (Å²) in [5, 5.41) is 28.7. The monoisotopic (exact) mass is 286 g/mol. The quantitative estimate of drug-likeness (QED) is 0.479. The predicted molar refractivity (Wildman–Crippen MR) is 70.2 cm³/mol. The van der Waals surface area contributed by atoms with Crippen LogP contribution in [0.4, 0.5) is 11.5 Å². The van der Waals surface area contributed by atoms with E-state index >= 15 is 0 Å². The highest BCUT2D eigenvalue weighted by Gasteiger charge is 2.43. The van der Waals surface area contributed by atoms with E-state index < -0.39 is 36.8 Å². The second-order valence-electron chi connectivity index (χ2n) is 4.82. The Balaban J connectivity index is 2.43. The highest BCUT2D eigenvalue weighted by molar-refractivity contribution is 5.60. The van der Waals surface area contributed by atoms with Gasteiger partial charge in [-0.1, -0.05) is 0 Å². The average molecular weight is 286 g/mol. The van der Waals surface area contributed by atoms with Crippen LogP contribution in [0, 0.1) is 0 Å². The number of hydrogen-bond donors (Lipinski definition) is 4. The summed E-state index contributed by atoms with van der Waals surface area (Å²) < 4.78 is 6.34. The zero-order chi connectivity index (χ0) is 15.0. The molecule has 5 N–H and O–H groups in total. The van der Waals surface area contributed by atoms with E-state index in [2.05, 4.69) is 4.98 Å². The van der Waals surface area contributed by atoms with Gasteiger partial charge in [-0.05, 0) is 0 Å². The van der Waals surface area contributed by atoms with Crippen LogP contribution in [0.5, 0.6) is 0 Å². The lowest BCUT2D eigenvalue weighted by Crippen LogP contribution is -2.36. The molecular weight excluding hydrogens is 268 g/mol. The van der Waals surface area contributed by atoms with Gasteiger partial charge in [0, 0.05) is 20.3 Å². The van der Waals surface area contributed by atoms with E-state index in [1.54, 1.807) is 19.0 Å². The van der Waals surface area contributed by atoms with E-state index in [0.717, 1.165) is 4.57 Å². The Hall–Kier alpha value is -1.68. The summed E-state index contributed by atoms with van der Waals surface area (Å²) in [6.07, 6.45) is -3.31. The minimum absolute atomic E-state index is 0.0583. The molecule has 4 atom stereocenters. The van der Waals surface area contributed by atoms with Crippen molar-refractivity contribution in [1.29, 1.82) is 0 Å². The Bertz CT molecular complexity index is 546. The Morgan fingerprint density at radius 1 is 1.45 bits per heavy atom. The zero-order valence-electron chi connectivity index (χ0n) is 11.2. The van der Waals surface area contributed by atoms with E-state index in [4.69, 9.17) is 15.6 Å². The molecule has 1 aromatic rings. The smallest absolute Gasteiger partial charge is 0.351 e. The number of rotatable bonds is 3. The maximum atomic E-state index is 11.9. The van der Waals surface area contributed by atoms with Crippen LogP contribution in [0.3, 0.4) is 0 Å². The molecule has 112 valence electrons. The van der Waals surface area contributed by atoms with Crippen molar-refractivity contribution in [3.8, 4) is 0 Å². The van der Waals surface area contributed by atoms with Gasteiger partial charge in [-0.2, -0.15) is 4.98 Å². The van der Waals surface area contributed by atoms with Gasteiger partial charge in [-0.25, -0.2) is 4.79 Å². The first kappa shape index (κ1) is 14.7. The fourth-order valence-corrected chi connectivity index (χ4v) is 2.11. The molecule has 1 saturated heterocycles. The van der Waals surface area contributed by atoms with Gasteiger partial charge in [0.15, 0.2) is 12.0 Å². The molecule has 2 rings (SSSR count). The molecule has 20 heavy (non-hydrogen) atoms. The van der Waals surface area contributed by atoms with Gasteiger partial charge in [0.25, 0.3) is 0 Å². The predicted octanol–water partition coefficient (Wildman–Crippen LogP) is -2.50. The first-order valence-electron chi connectivity index (χ1n) is 6.05. The van der Waals surface area contributed by atoms with Gasteiger partial charge in [0.1, 0.15) is 18.3 Å². The van der Waals surface area contributed by atoms with Crippen LogP contribution in [0.1, 0.15) is 6.23 Å². The summed E-state index contributed by atoms with van der Waals surface area (Å²) in [6.45, 7) is -0.466. The normalized spacial score (nSPS) is 29.6. The van der Waals surface area contributed by atoms with Crippen molar-refractivity contribution >= 4 is 11.5 Å². The third-order valence-electron chi connectivity index (χ3n) is 3.23. The molecule has 2 heterocycles. The molecule has 0 aromatic carbocycles. The van der Waals surface area contributed by atoms with Crippen molar-refractivity contribution in [2.45, 2.75) is 24.5 Å². The molecule has 9 heteroatoms. The molecule has 1 aromatic heterocycles. The number of nitrogens with two attached hydrogens (primary N) is 1. The maximum absolute atomic E-state index is 11.9. The molecule has 1 aliphatic rings. The zero-order valence-corrected chi connectivity index (χ0v) is 11.2. The third kappa shape index (κ3) is 2.36. The number of aromatic nitrogens is 2. The second kappa shape index (κ2) is 5.37. The van der Waals surface area contributed by atoms with Crippen LogP contribution in [0.15, 0.2) is 11.0 Å². The van der Waals surface area contributed by atoms with Crippen LogP contribution in [-0.2, 0) is 4.74 Å². The van der Waals surface area contributed by atoms with Crippen molar-refractivity contribution in [3.05, 3.63) is 16.7 Å². The summed E-state index contributed by atoms with van der Waals surface area (Å²) in [7, 11) is 3.44. The van der Waals surface area contributed by atoms with Gasteiger partial charge in [0.2, 0.25) is 0 Å². The van der Waals surface area contributed by atoms with Crippen LogP contribution >= 0.6 is 0 Å². The Kier molecular flexibility index (Phi) is 3.95. The van der Waals surface area contributed by atoms with E-state index in [-0.39, 0.29) is 5.82 Å². The summed E-state index contributed by atoms with van der Waals surface area (Å²) in [6, 6.07) is 0. The molecule has 0 amide bonds. The average Bonchev–Trinajstić information content (AvgIpc) is 2.66. The largest absolute Gasteiger partial charge is 0.394 e. The number of aliphatic hydroxyl groups is 3. The van der Waals surface area contributed by atoms with Gasteiger partial charge < -0.3 is 30.7 Å². The van der Waals surface area contributed by atoms with E-state index in [1.807, 2.05) is 0 Å². The highest BCUT2D eigenvalue weighted by atomic mass is 16.6. The van der Waals surface area contributed by atoms with Crippen molar-refractivity contribution in [2.24, 2.45) is 0 Å². The van der Waals surface area contributed by atoms with Crippen LogP contribution < -0.4 is 16.3 Å². The Morgan fingerprint density at radius 2 is 2.10 bits per heavy atom. The van der Waals surface area contributed by atoms with E-state index in [1.165, 1.54) is 6.20 Å². The molecule has 0 aliphatic carbocycles. The lowest BCUT2D eigenvalue weighted by atomic mass is 10.1. The second-order valence-corrected chi connectivity index (χ2v) is 4.82. The van der Waals surface area contributed by atoms with Gasteiger partial charge in [-0.3, -0.25) is 4.57 Å². The van der Waals surface area contributed by atoms with Crippen molar-refractivity contribution < 1.29 is 20.1 Å². The minimum atomic E-state index is -1.34. The molecule has 0 radical (unpaired) electrons. The number of hydrogen-bond acceptors (Lipinski definition) is 8. The standard InChI is InChI=1S/C11H18N4O5/c1-14(2)5-3-15(11(19)13-9(5)12)10-8(18)7(17)6(4-16)20-10/h3,6-8,10,16-18H,4H2,1-2H3,(H2,12,13,19)/t6-,7-,8-,10-/m1/s1. The molecule has 0 unspecified atom stereocenters. The van der Waals surface area contributed by atoms with Gasteiger partial charge >= 0.3 is 5.69 Å². The fraction of sp³-hybridized carbons (Fsp3) is 0.636. The van der Waals surface area contributed by atoms with Crippen molar-refractivity contribution in [3.63, 3.8) is 0 Å². The molecular formula is C11H18N4O5. The van der Waals surface area contributed by atoms with Crippen LogP contribution in [0.2, 0.25) is 0 Å². The number of anilines is 2. The van der Waals surface area contributed by atoms with Crippen molar-refractivity contribution in [1.82, 2.24) is 9.55 Å². The first-order chi connectivity index (χ1) is 9.36. The van der Waals surface area contributed by atoms with Gasteiger partial charge in [0.05, 0.1) is 12.3 Å². The molecule has 0 bridgehead atoms. The Labute approximate surface area is 114 Å². The molecule has 0 saturated carbocycles. The molecule has 0 spiro atoms. The fourth-order valence-electron chi connectivity index (χ4n) is 2.11.